The van der Waals surface area contributed by atoms with Gasteiger partial charge in [-0.05, 0) is 6.92 Å². The van der Waals surface area contributed by atoms with Crippen molar-refractivity contribution in [2.45, 2.75) is 18.9 Å². The molecule has 5 nitrogen and oxygen atoms in total. The zero-order valence-corrected chi connectivity index (χ0v) is 5.83. The van der Waals surface area contributed by atoms with Crippen LogP contribution in [0.5, 0.6) is 0 Å². The predicted molar refractivity (Wildman–Crippen MR) is 33.6 cm³/mol. The molecule has 61 valence electrons. The van der Waals surface area contributed by atoms with Crippen LogP contribution in [0.3, 0.4) is 0 Å². The molecule has 0 fully saturated rings. The molecule has 0 saturated heterocycles. The van der Waals surface area contributed by atoms with Crippen molar-refractivity contribution in [2.24, 2.45) is 0 Å². The van der Waals surface area contributed by atoms with Crippen molar-refractivity contribution < 1.29 is 24.6 Å². The van der Waals surface area contributed by atoms with E-state index in [9.17, 15) is 14.4 Å². The molecular weight excluding hydrogens is 152 g/mol. The highest BCUT2D eigenvalue weighted by Crippen LogP contribution is 2.08. The number of carboxylic acid groups (broad SMARTS) is 1. The lowest BCUT2D eigenvalue weighted by molar-refractivity contribution is -0.158. The molecule has 0 bridgehead atoms. The zero-order chi connectivity index (χ0) is 9.07. The molecule has 1 unspecified atom stereocenters. The summed E-state index contributed by atoms with van der Waals surface area (Å²) < 4.78 is 0. The molecule has 0 rings (SSSR count). The Bertz CT molecular complexity index is 193. The molecule has 0 aromatic rings. The fourth-order valence-electron chi connectivity index (χ4n) is 0.424. The summed E-state index contributed by atoms with van der Waals surface area (Å²) in [5.74, 6) is -2.60. The van der Waals surface area contributed by atoms with Gasteiger partial charge < -0.3 is 10.2 Å². The first-order valence-electron chi connectivity index (χ1n) is 2.77. The molecule has 0 heterocycles. The average Bonchev–Trinajstić information content (AvgIpc) is 1.86. The minimum Gasteiger partial charge on any atom is -0.479 e. The molecule has 0 amide bonds. The van der Waals surface area contributed by atoms with Crippen LogP contribution in [-0.4, -0.2) is 33.9 Å². The molecule has 1 radical (unpaired) electrons. The van der Waals surface area contributed by atoms with Crippen LogP contribution in [0.25, 0.3) is 0 Å². The molecule has 0 aromatic heterocycles. The van der Waals surface area contributed by atoms with Crippen LogP contribution in [0.15, 0.2) is 0 Å². The smallest absolute Gasteiger partial charge is 0.335 e. The number of carbonyl (C=O) groups is 2. The van der Waals surface area contributed by atoms with E-state index < -0.39 is 23.8 Å². The molecule has 0 spiro atoms. The minimum absolute atomic E-state index is 0.744. The third-order valence-electron chi connectivity index (χ3n) is 1.08. The van der Waals surface area contributed by atoms with E-state index in [-0.39, 0.29) is 0 Å². The lowest BCUT2D eigenvalue weighted by Crippen LogP contribution is -2.37. The SMILES string of the molecule is CC(O)(CC(=O)[C]=O)C(=O)O. The number of rotatable bonds is 4. The van der Waals surface area contributed by atoms with Gasteiger partial charge in [0.05, 0.1) is 6.42 Å². The molecule has 1 atom stereocenters. The van der Waals surface area contributed by atoms with Crippen molar-refractivity contribution in [1.29, 1.82) is 0 Å². The molecule has 0 aliphatic rings. The van der Waals surface area contributed by atoms with Crippen LogP contribution >= 0.6 is 0 Å². The van der Waals surface area contributed by atoms with Gasteiger partial charge in [-0.3, -0.25) is 9.59 Å². The highest BCUT2D eigenvalue weighted by molar-refractivity contribution is 6.26. The summed E-state index contributed by atoms with van der Waals surface area (Å²) in [6, 6.07) is 0. The first kappa shape index (κ1) is 9.77. The van der Waals surface area contributed by atoms with Gasteiger partial charge in [-0.2, -0.15) is 0 Å². The largest absolute Gasteiger partial charge is 0.479 e. The zero-order valence-electron chi connectivity index (χ0n) is 5.83. The van der Waals surface area contributed by atoms with Gasteiger partial charge >= 0.3 is 5.97 Å². The lowest BCUT2D eigenvalue weighted by Gasteiger charge is -2.14. The van der Waals surface area contributed by atoms with Crippen LogP contribution in [0.1, 0.15) is 13.3 Å². The van der Waals surface area contributed by atoms with E-state index in [0.29, 0.717) is 0 Å². The number of hydrogen-bond donors (Lipinski definition) is 2. The maximum atomic E-state index is 10.3. The van der Waals surface area contributed by atoms with Crippen molar-refractivity contribution in [3.05, 3.63) is 0 Å². The summed E-state index contributed by atoms with van der Waals surface area (Å²) in [5.41, 5.74) is -2.17. The van der Waals surface area contributed by atoms with Gasteiger partial charge in [0, 0.05) is 0 Å². The molecule has 11 heavy (non-hydrogen) atoms. The van der Waals surface area contributed by atoms with Crippen LogP contribution in [-0.2, 0) is 14.4 Å². The standard InChI is InChI=1S/C6H7O5/c1-6(11,5(9)10)2-4(8)3-7/h11H,2H2,1H3,(H,9,10). The Morgan fingerprint density at radius 1 is 1.55 bits per heavy atom. The van der Waals surface area contributed by atoms with E-state index in [1.54, 1.807) is 0 Å². The summed E-state index contributed by atoms with van der Waals surface area (Å²) in [7, 11) is 0. The normalized spacial score (nSPS) is 15.1. The number of ketones is 1. The van der Waals surface area contributed by atoms with Crippen molar-refractivity contribution in [2.75, 3.05) is 0 Å². The molecular formula is C6H7O5. The summed E-state index contributed by atoms with van der Waals surface area (Å²) >= 11 is 0. The molecule has 5 heteroatoms. The predicted octanol–water partition coefficient (Wildman–Crippen LogP) is -1.11. The maximum Gasteiger partial charge on any atom is 0.335 e. The second kappa shape index (κ2) is 3.25. The quantitative estimate of drug-likeness (QED) is 0.507. The first-order chi connectivity index (χ1) is 4.90. The number of Topliss-reactive ketones (excluding diaryl/α,β-unsaturated/α-hetero) is 1. The summed E-state index contributed by atoms with van der Waals surface area (Å²) in [6.07, 6.45) is 0.219. The second-order valence-corrected chi connectivity index (χ2v) is 2.28. The summed E-state index contributed by atoms with van der Waals surface area (Å²) in [6.45, 7) is 0.935. The van der Waals surface area contributed by atoms with Crippen LogP contribution in [0.4, 0.5) is 0 Å². The Balaban J connectivity index is 4.23. The molecule has 0 saturated carbocycles. The number of carbonyl (C=O) groups excluding carboxylic acids is 2. The topological polar surface area (TPSA) is 91.7 Å². The first-order valence-corrected chi connectivity index (χ1v) is 2.77. The summed E-state index contributed by atoms with van der Waals surface area (Å²) in [5, 5.41) is 17.1. The van der Waals surface area contributed by atoms with Crippen LogP contribution < -0.4 is 0 Å². The van der Waals surface area contributed by atoms with Gasteiger partial charge in [0.1, 0.15) is 0 Å². The number of aliphatic carboxylic acids is 1. The third kappa shape index (κ3) is 2.90. The van der Waals surface area contributed by atoms with Crippen molar-refractivity contribution in [3.8, 4) is 0 Å². The fourth-order valence-corrected chi connectivity index (χ4v) is 0.424. The van der Waals surface area contributed by atoms with Gasteiger partial charge in [-0.25, -0.2) is 4.79 Å². The number of carboxylic acids is 1. The van der Waals surface area contributed by atoms with E-state index in [2.05, 4.69) is 0 Å². The molecule has 0 aliphatic carbocycles. The lowest BCUT2D eigenvalue weighted by atomic mass is 10.0. The van der Waals surface area contributed by atoms with Gasteiger partial charge in [0.2, 0.25) is 5.78 Å². The monoisotopic (exact) mass is 159 g/mol. The van der Waals surface area contributed by atoms with Crippen molar-refractivity contribution in [3.63, 3.8) is 0 Å². The average molecular weight is 159 g/mol. The number of hydrogen-bond acceptors (Lipinski definition) is 4. The Kier molecular flexibility index (Phi) is 2.88. The second-order valence-electron chi connectivity index (χ2n) is 2.28. The van der Waals surface area contributed by atoms with Crippen LogP contribution in [0, 0.1) is 0 Å². The van der Waals surface area contributed by atoms with E-state index in [4.69, 9.17) is 10.2 Å². The Hall–Kier alpha value is -1.23. The highest BCUT2D eigenvalue weighted by atomic mass is 16.4. The Morgan fingerprint density at radius 2 is 2.00 bits per heavy atom. The highest BCUT2D eigenvalue weighted by Gasteiger charge is 2.32. The van der Waals surface area contributed by atoms with E-state index >= 15 is 0 Å². The van der Waals surface area contributed by atoms with Crippen LogP contribution in [0.2, 0.25) is 0 Å². The molecule has 0 aromatic carbocycles. The van der Waals surface area contributed by atoms with E-state index in [0.717, 1.165) is 13.2 Å². The summed E-state index contributed by atoms with van der Waals surface area (Å²) in [4.78, 5) is 30.1. The third-order valence-corrected chi connectivity index (χ3v) is 1.08. The fraction of sp³-hybridized carbons (Fsp3) is 0.500. The van der Waals surface area contributed by atoms with E-state index in [1.165, 1.54) is 0 Å². The minimum atomic E-state index is -2.17. The molecule has 0 aliphatic heterocycles. The Morgan fingerprint density at radius 3 is 2.27 bits per heavy atom. The van der Waals surface area contributed by atoms with Crippen molar-refractivity contribution >= 4 is 18.0 Å². The number of aliphatic hydroxyl groups is 1. The van der Waals surface area contributed by atoms with Crippen molar-refractivity contribution in [1.82, 2.24) is 0 Å². The van der Waals surface area contributed by atoms with Gasteiger partial charge in [-0.1, -0.05) is 0 Å². The van der Waals surface area contributed by atoms with Gasteiger partial charge in [-0.15, -0.1) is 0 Å². The molecule has 2 N–H and O–H groups in total. The van der Waals surface area contributed by atoms with E-state index in [1.807, 2.05) is 0 Å². The maximum absolute atomic E-state index is 10.3. The Labute approximate surface area is 62.6 Å². The van der Waals surface area contributed by atoms with Gasteiger partial charge in [0.15, 0.2) is 5.60 Å². The van der Waals surface area contributed by atoms with Gasteiger partial charge in [0.25, 0.3) is 6.29 Å².